The molecule has 0 bridgehead atoms. The lowest BCUT2D eigenvalue weighted by molar-refractivity contribution is 0.0312. The van der Waals surface area contributed by atoms with Crippen molar-refractivity contribution in [3.8, 4) is 0 Å². The highest BCUT2D eigenvalue weighted by Crippen LogP contribution is 2.28. The third-order valence-electron chi connectivity index (χ3n) is 6.51. The van der Waals surface area contributed by atoms with Crippen LogP contribution in [0.25, 0.3) is 0 Å². The molecule has 1 aromatic rings. The van der Waals surface area contributed by atoms with Crippen molar-refractivity contribution in [2.75, 3.05) is 25.1 Å². The topological polar surface area (TPSA) is 96.5 Å². The highest BCUT2D eigenvalue weighted by atomic mass is 19.1. The average molecular weight is 489 g/mol. The highest BCUT2D eigenvalue weighted by Gasteiger charge is 2.36. The number of hydrogen-bond acceptors (Lipinski definition) is 7. The van der Waals surface area contributed by atoms with Gasteiger partial charge >= 0.3 is 0 Å². The molecular formula is C25H34F2N6O2. The first-order chi connectivity index (χ1) is 17.0. The smallest absolute Gasteiger partial charge is 0.210 e. The first-order valence-corrected chi connectivity index (χ1v) is 12.2. The van der Waals surface area contributed by atoms with Gasteiger partial charge in [-0.2, -0.15) is 0 Å². The van der Waals surface area contributed by atoms with Gasteiger partial charge in [0.15, 0.2) is 5.84 Å². The van der Waals surface area contributed by atoms with Gasteiger partial charge in [0.1, 0.15) is 28.8 Å². The molecule has 0 atom stereocenters. The third kappa shape index (κ3) is 5.99. The number of para-hydroxylation sites is 1. The standard InChI is InChI=1S/C25H34F2N6O2/c1-3-35-19-9-7-17(8-10-19)29-16(2)30-24-22(15-28)31-25(33(24)18-11-13-34-14-12-18)32-23-20(26)5-4-6-21(23)27/h4-6,15,17-19,29H,2-3,7-14,28H2,1H3,(H,31,32)/b22-15+,30-24+/t17-,19-. The van der Waals surface area contributed by atoms with Crippen LogP contribution in [0, 0.1) is 11.6 Å². The fourth-order valence-electron chi connectivity index (χ4n) is 4.78. The number of nitrogens with zero attached hydrogens (tertiary/aromatic N) is 3. The van der Waals surface area contributed by atoms with Crippen LogP contribution in [0.3, 0.4) is 0 Å². The van der Waals surface area contributed by atoms with E-state index >= 15 is 0 Å². The van der Waals surface area contributed by atoms with Gasteiger partial charge in [-0.15, -0.1) is 0 Å². The second-order valence-corrected chi connectivity index (χ2v) is 8.88. The zero-order valence-electron chi connectivity index (χ0n) is 20.1. The first-order valence-electron chi connectivity index (χ1n) is 12.2. The monoisotopic (exact) mass is 488 g/mol. The van der Waals surface area contributed by atoms with Gasteiger partial charge < -0.3 is 25.8 Å². The van der Waals surface area contributed by atoms with Crippen LogP contribution in [0.1, 0.15) is 45.4 Å². The Kier molecular flexibility index (Phi) is 8.35. The Balaban J connectivity index is 1.55. The highest BCUT2D eigenvalue weighted by molar-refractivity contribution is 6.18. The normalized spacial score (nSPS) is 25.7. The quantitative estimate of drug-likeness (QED) is 0.540. The van der Waals surface area contributed by atoms with Crippen molar-refractivity contribution in [2.45, 2.75) is 63.6 Å². The summed E-state index contributed by atoms with van der Waals surface area (Å²) in [5.74, 6) is -0.181. The molecule has 1 saturated carbocycles. The lowest BCUT2D eigenvalue weighted by Crippen LogP contribution is -2.47. The summed E-state index contributed by atoms with van der Waals surface area (Å²) in [5, 5.41) is 6.25. The molecule has 2 aliphatic heterocycles. The van der Waals surface area contributed by atoms with Crippen molar-refractivity contribution in [3.05, 3.63) is 54.1 Å². The summed E-state index contributed by atoms with van der Waals surface area (Å²) in [6, 6.07) is 3.92. The summed E-state index contributed by atoms with van der Waals surface area (Å²) in [4.78, 5) is 11.1. The third-order valence-corrected chi connectivity index (χ3v) is 6.51. The van der Waals surface area contributed by atoms with E-state index in [-0.39, 0.29) is 23.7 Å². The summed E-state index contributed by atoms with van der Waals surface area (Å²) in [5.41, 5.74) is 6.02. The van der Waals surface area contributed by atoms with Crippen molar-refractivity contribution in [2.24, 2.45) is 15.7 Å². The van der Waals surface area contributed by atoms with Crippen LogP contribution in [0.2, 0.25) is 0 Å². The van der Waals surface area contributed by atoms with Crippen molar-refractivity contribution in [3.63, 3.8) is 0 Å². The Morgan fingerprint density at radius 2 is 1.91 bits per heavy atom. The molecule has 0 spiro atoms. The van der Waals surface area contributed by atoms with E-state index in [1.165, 1.54) is 24.4 Å². The molecule has 2 fully saturated rings. The maximum atomic E-state index is 14.4. The van der Waals surface area contributed by atoms with Crippen LogP contribution in [-0.4, -0.2) is 54.7 Å². The number of rotatable bonds is 7. The number of amidine groups is 1. The van der Waals surface area contributed by atoms with E-state index in [2.05, 4.69) is 22.2 Å². The largest absolute Gasteiger partial charge is 0.403 e. The molecule has 4 N–H and O–H groups in total. The lowest BCUT2D eigenvalue weighted by Gasteiger charge is -2.34. The van der Waals surface area contributed by atoms with Gasteiger partial charge in [0, 0.05) is 38.1 Å². The van der Waals surface area contributed by atoms with Gasteiger partial charge in [0.25, 0.3) is 0 Å². The van der Waals surface area contributed by atoms with E-state index in [1.54, 1.807) is 0 Å². The van der Waals surface area contributed by atoms with Crippen molar-refractivity contribution in [1.82, 2.24) is 10.2 Å². The fraction of sp³-hybridized carbons (Fsp3) is 0.520. The van der Waals surface area contributed by atoms with Crippen LogP contribution in [0.4, 0.5) is 14.5 Å². The van der Waals surface area contributed by atoms with Gasteiger partial charge in [-0.05, 0) is 57.6 Å². The molecule has 0 aromatic heterocycles. The number of guanidine groups is 1. The zero-order chi connectivity index (χ0) is 24.8. The summed E-state index contributed by atoms with van der Waals surface area (Å²) in [7, 11) is 0. The van der Waals surface area contributed by atoms with Gasteiger partial charge in [-0.25, -0.2) is 18.8 Å². The van der Waals surface area contributed by atoms with E-state index < -0.39 is 11.6 Å². The van der Waals surface area contributed by atoms with E-state index in [1.807, 2.05) is 11.8 Å². The SMILES string of the molecule is C=C(/N=C1\C(=C/N)N=C(Nc2c(F)cccc2F)N1C1CCOCC1)N[C@H]1CC[C@H](OCC)CC1. The van der Waals surface area contributed by atoms with Crippen LogP contribution in [0.15, 0.2) is 52.5 Å². The molecule has 1 aliphatic carbocycles. The number of aliphatic imine (C=N–C) groups is 2. The van der Waals surface area contributed by atoms with Crippen molar-refractivity contribution in [1.29, 1.82) is 0 Å². The molecule has 0 amide bonds. The summed E-state index contributed by atoms with van der Waals surface area (Å²) in [6.07, 6.45) is 6.98. The Morgan fingerprint density at radius 1 is 1.23 bits per heavy atom. The minimum absolute atomic E-state index is 0.0320. The minimum atomic E-state index is -0.711. The molecule has 4 rings (SSSR count). The van der Waals surface area contributed by atoms with Gasteiger partial charge in [0.05, 0.1) is 6.10 Å². The number of anilines is 1. The van der Waals surface area contributed by atoms with Crippen molar-refractivity contribution >= 4 is 17.5 Å². The molecule has 2 heterocycles. The molecule has 35 heavy (non-hydrogen) atoms. The zero-order valence-corrected chi connectivity index (χ0v) is 20.1. The number of ether oxygens (including phenoxy) is 2. The average Bonchev–Trinajstić information content (AvgIpc) is 3.20. The Labute approximate surface area is 205 Å². The van der Waals surface area contributed by atoms with Crippen LogP contribution in [-0.2, 0) is 9.47 Å². The second-order valence-electron chi connectivity index (χ2n) is 8.88. The van der Waals surface area contributed by atoms with Crippen LogP contribution < -0.4 is 16.4 Å². The predicted molar refractivity (Wildman–Crippen MR) is 133 cm³/mol. The second kappa shape index (κ2) is 11.6. The fourth-order valence-corrected chi connectivity index (χ4v) is 4.78. The Hall–Kier alpha value is -2.98. The summed E-state index contributed by atoms with van der Waals surface area (Å²) >= 11 is 0. The predicted octanol–water partition coefficient (Wildman–Crippen LogP) is 3.83. The Morgan fingerprint density at radius 3 is 2.54 bits per heavy atom. The Bertz CT molecular complexity index is 977. The van der Waals surface area contributed by atoms with Crippen LogP contribution in [0.5, 0.6) is 0 Å². The number of nitrogens with two attached hydrogens (primary N) is 1. The minimum Gasteiger partial charge on any atom is -0.403 e. The summed E-state index contributed by atoms with van der Waals surface area (Å²) in [6.45, 7) is 8.00. The molecule has 0 radical (unpaired) electrons. The molecule has 8 nitrogen and oxygen atoms in total. The summed E-state index contributed by atoms with van der Waals surface area (Å²) < 4.78 is 40.1. The number of nitrogens with one attached hydrogen (secondary N) is 2. The van der Waals surface area contributed by atoms with E-state index in [0.29, 0.717) is 49.5 Å². The van der Waals surface area contributed by atoms with Gasteiger partial charge in [-0.1, -0.05) is 12.6 Å². The molecule has 190 valence electrons. The molecule has 3 aliphatic rings. The van der Waals surface area contributed by atoms with Gasteiger partial charge in [0.2, 0.25) is 5.96 Å². The van der Waals surface area contributed by atoms with E-state index in [0.717, 1.165) is 32.3 Å². The number of benzene rings is 1. The molecule has 10 heteroatoms. The van der Waals surface area contributed by atoms with Gasteiger partial charge in [-0.3, -0.25) is 4.90 Å². The van der Waals surface area contributed by atoms with Crippen LogP contribution >= 0.6 is 0 Å². The maximum absolute atomic E-state index is 14.4. The molecule has 1 aromatic carbocycles. The van der Waals surface area contributed by atoms with E-state index in [9.17, 15) is 8.78 Å². The molecule has 0 unspecified atom stereocenters. The number of hydrogen-bond donors (Lipinski definition) is 3. The first kappa shape index (κ1) is 25.1. The van der Waals surface area contributed by atoms with E-state index in [4.69, 9.17) is 20.2 Å². The molecule has 1 saturated heterocycles. The van der Waals surface area contributed by atoms with Crippen molar-refractivity contribution < 1.29 is 18.3 Å². The number of halogens is 2. The molecular weight excluding hydrogens is 454 g/mol. The lowest BCUT2D eigenvalue weighted by atomic mass is 9.93. The maximum Gasteiger partial charge on any atom is 0.210 e.